The molecule has 1 aliphatic heterocycles. The first-order chi connectivity index (χ1) is 20.1. The quantitative estimate of drug-likeness (QED) is 0.131. The van der Waals surface area contributed by atoms with E-state index in [0.717, 1.165) is 29.5 Å². The second kappa shape index (κ2) is 12.8. The number of esters is 1. The first kappa shape index (κ1) is 27.4. The monoisotopic (exact) mass is 546 g/mol. The second-order valence-corrected chi connectivity index (χ2v) is 9.59. The van der Waals surface area contributed by atoms with E-state index in [9.17, 15) is 10.1 Å². The summed E-state index contributed by atoms with van der Waals surface area (Å²) >= 11 is 0. The molecule has 1 heterocycles. The molecule has 0 radical (unpaired) electrons. The summed E-state index contributed by atoms with van der Waals surface area (Å²) < 4.78 is 23.1. The molecule has 0 fully saturated rings. The van der Waals surface area contributed by atoms with Crippen LogP contribution in [-0.2, 0) is 6.61 Å². The minimum atomic E-state index is -0.523. The fraction of sp³-hybridized carbons (Fsp3) is 0.176. The van der Waals surface area contributed by atoms with Crippen LogP contribution in [0.2, 0.25) is 0 Å². The van der Waals surface area contributed by atoms with Gasteiger partial charge in [0.05, 0.1) is 18.1 Å². The number of hydrogen-bond acceptors (Lipinski definition) is 7. The van der Waals surface area contributed by atoms with Crippen molar-refractivity contribution < 1.29 is 23.7 Å². The Bertz CT molecular complexity index is 1590. The molecule has 41 heavy (non-hydrogen) atoms. The van der Waals surface area contributed by atoms with Crippen molar-refractivity contribution in [2.24, 2.45) is 5.73 Å². The van der Waals surface area contributed by atoms with Gasteiger partial charge in [0.1, 0.15) is 41.2 Å². The van der Waals surface area contributed by atoms with E-state index in [1.54, 1.807) is 36.4 Å². The number of benzene rings is 4. The zero-order valence-electron chi connectivity index (χ0n) is 22.7. The van der Waals surface area contributed by atoms with Gasteiger partial charge in [-0.1, -0.05) is 67.9 Å². The lowest BCUT2D eigenvalue weighted by Gasteiger charge is -2.26. The number of nitrogens with zero attached hydrogens (tertiary/aromatic N) is 1. The number of unbranched alkanes of at least 4 members (excludes halogenated alkanes) is 1. The van der Waals surface area contributed by atoms with E-state index in [1.165, 1.54) is 0 Å². The molecule has 0 saturated carbocycles. The highest BCUT2D eigenvalue weighted by Crippen LogP contribution is 2.43. The molecule has 4 aromatic rings. The van der Waals surface area contributed by atoms with Crippen molar-refractivity contribution in [3.8, 4) is 29.1 Å². The van der Waals surface area contributed by atoms with E-state index in [2.05, 4.69) is 13.0 Å². The molecule has 7 nitrogen and oxygen atoms in total. The second-order valence-electron chi connectivity index (χ2n) is 9.59. The average Bonchev–Trinajstić information content (AvgIpc) is 3.00. The summed E-state index contributed by atoms with van der Waals surface area (Å²) in [5.74, 6) is 1.07. The molecule has 7 heteroatoms. The highest BCUT2D eigenvalue weighted by atomic mass is 16.5. The van der Waals surface area contributed by atoms with Crippen molar-refractivity contribution in [2.45, 2.75) is 32.3 Å². The van der Waals surface area contributed by atoms with Gasteiger partial charge in [-0.05, 0) is 53.9 Å². The van der Waals surface area contributed by atoms with Gasteiger partial charge < -0.3 is 24.7 Å². The number of carbonyl (C=O) groups excluding carboxylic acids is 1. The smallest absolute Gasteiger partial charge is 0.343 e. The largest absolute Gasteiger partial charge is 0.494 e. The summed E-state index contributed by atoms with van der Waals surface area (Å²) in [6.45, 7) is 3.13. The first-order valence-electron chi connectivity index (χ1n) is 13.5. The van der Waals surface area contributed by atoms with E-state index in [-0.39, 0.29) is 5.88 Å². The third kappa shape index (κ3) is 6.51. The zero-order chi connectivity index (χ0) is 28.6. The van der Waals surface area contributed by atoms with Crippen LogP contribution in [0.15, 0.2) is 109 Å². The number of rotatable bonds is 10. The number of hydrogen-bond donors (Lipinski definition) is 1. The maximum absolute atomic E-state index is 12.9. The zero-order valence-corrected chi connectivity index (χ0v) is 22.7. The van der Waals surface area contributed by atoms with E-state index in [1.807, 2.05) is 60.7 Å². The van der Waals surface area contributed by atoms with Crippen LogP contribution in [0, 0.1) is 11.3 Å². The van der Waals surface area contributed by atoms with Gasteiger partial charge in [-0.3, -0.25) is 0 Å². The van der Waals surface area contributed by atoms with E-state index in [0.29, 0.717) is 47.3 Å². The Kier molecular flexibility index (Phi) is 8.51. The first-order valence-corrected chi connectivity index (χ1v) is 13.5. The molecule has 1 aliphatic rings. The van der Waals surface area contributed by atoms with Crippen LogP contribution < -0.4 is 24.7 Å². The van der Waals surface area contributed by atoms with Crippen molar-refractivity contribution in [3.05, 3.63) is 131 Å². The van der Waals surface area contributed by atoms with Crippen LogP contribution >= 0.6 is 0 Å². The molecule has 0 aromatic heterocycles. The Hall–Kier alpha value is -5.22. The van der Waals surface area contributed by atoms with Crippen molar-refractivity contribution in [2.75, 3.05) is 6.61 Å². The maximum atomic E-state index is 12.9. The van der Waals surface area contributed by atoms with Crippen molar-refractivity contribution >= 4 is 5.97 Å². The summed E-state index contributed by atoms with van der Waals surface area (Å²) in [6, 6.07) is 31.7. The number of nitriles is 1. The molecule has 206 valence electrons. The fourth-order valence-electron chi connectivity index (χ4n) is 4.55. The van der Waals surface area contributed by atoms with Crippen LogP contribution in [0.3, 0.4) is 0 Å². The van der Waals surface area contributed by atoms with Crippen LogP contribution in [0.1, 0.15) is 52.7 Å². The van der Waals surface area contributed by atoms with Crippen molar-refractivity contribution in [1.82, 2.24) is 0 Å². The van der Waals surface area contributed by atoms with E-state index in [4.69, 9.17) is 24.7 Å². The standard InChI is InChI=1S/C34H30N2O5/c1-2-3-18-38-27-11-7-10-25(19-27)34(37)40-28-16-17-29-31(20-28)41-33(36)30(21-35)32(29)24-12-14-26(15-13-24)39-22-23-8-5-4-6-9-23/h4-17,19-20,32H,2-3,18,22,36H2,1H3. The summed E-state index contributed by atoms with van der Waals surface area (Å²) in [5.41, 5.74) is 9.51. The molecule has 4 aromatic carbocycles. The van der Waals surface area contributed by atoms with Gasteiger partial charge >= 0.3 is 5.97 Å². The third-order valence-electron chi connectivity index (χ3n) is 6.70. The van der Waals surface area contributed by atoms with Crippen LogP contribution in [-0.4, -0.2) is 12.6 Å². The Labute approximate surface area is 239 Å². The minimum absolute atomic E-state index is 0.00908. The Morgan fingerprint density at radius 2 is 1.68 bits per heavy atom. The number of fused-ring (bicyclic) bond motifs is 1. The van der Waals surface area contributed by atoms with Gasteiger partial charge in [0.15, 0.2) is 0 Å². The fourth-order valence-corrected chi connectivity index (χ4v) is 4.55. The van der Waals surface area contributed by atoms with E-state index >= 15 is 0 Å². The SMILES string of the molecule is CCCCOc1cccc(C(=O)Oc2ccc3c(c2)OC(N)=C(C#N)C3c2ccc(OCc3ccccc3)cc2)c1. The molecule has 2 N–H and O–H groups in total. The Morgan fingerprint density at radius 3 is 2.44 bits per heavy atom. The summed E-state index contributed by atoms with van der Waals surface area (Å²) in [5, 5.41) is 9.90. The molecule has 0 spiro atoms. The minimum Gasteiger partial charge on any atom is -0.494 e. The molecular weight excluding hydrogens is 516 g/mol. The average molecular weight is 547 g/mol. The Morgan fingerprint density at radius 1 is 0.902 bits per heavy atom. The molecule has 0 bridgehead atoms. The van der Waals surface area contributed by atoms with Gasteiger partial charge in [-0.15, -0.1) is 0 Å². The molecule has 0 aliphatic carbocycles. The predicted octanol–water partition coefficient (Wildman–Crippen LogP) is 6.88. The number of nitrogens with two attached hydrogens (primary N) is 1. The summed E-state index contributed by atoms with van der Waals surface area (Å²) in [7, 11) is 0. The van der Waals surface area contributed by atoms with Gasteiger partial charge in [0.2, 0.25) is 5.88 Å². The maximum Gasteiger partial charge on any atom is 0.343 e. The highest BCUT2D eigenvalue weighted by molar-refractivity contribution is 5.91. The van der Waals surface area contributed by atoms with Gasteiger partial charge in [0, 0.05) is 11.6 Å². The number of ether oxygens (including phenoxy) is 4. The van der Waals surface area contributed by atoms with Crippen molar-refractivity contribution in [3.63, 3.8) is 0 Å². The Balaban J connectivity index is 1.33. The van der Waals surface area contributed by atoms with Gasteiger partial charge in [-0.2, -0.15) is 5.26 Å². The molecule has 5 rings (SSSR count). The van der Waals surface area contributed by atoms with Crippen molar-refractivity contribution in [1.29, 1.82) is 5.26 Å². The van der Waals surface area contributed by atoms with Crippen LogP contribution in [0.5, 0.6) is 23.0 Å². The normalized spacial score (nSPS) is 13.9. The number of carbonyl (C=O) groups is 1. The summed E-state index contributed by atoms with van der Waals surface area (Å²) in [4.78, 5) is 12.9. The molecular formula is C34H30N2O5. The molecule has 0 amide bonds. The molecule has 1 unspecified atom stereocenters. The highest BCUT2D eigenvalue weighted by Gasteiger charge is 2.31. The van der Waals surface area contributed by atoms with Crippen LogP contribution in [0.4, 0.5) is 0 Å². The summed E-state index contributed by atoms with van der Waals surface area (Å²) in [6.07, 6.45) is 1.95. The molecule has 0 saturated heterocycles. The predicted molar refractivity (Wildman–Crippen MR) is 155 cm³/mol. The van der Waals surface area contributed by atoms with Crippen LogP contribution in [0.25, 0.3) is 0 Å². The van der Waals surface area contributed by atoms with Gasteiger partial charge in [-0.25, -0.2) is 4.79 Å². The lowest BCUT2D eigenvalue weighted by Crippen LogP contribution is -2.21. The molecule has 1 atom stereocenters. The lowest BCUT2D eigenvalue weighted by molar-refractivity contribution is 0.0734. The van der Waals surface area contributed by atoms with Gasteiger partial charge in [0.25, 0.3) is 0 Å². The lowest BCUT2D eigenvalue weighted by atomic mass is 9.83. The topological polar surface area (TPSA) is 104 Å². The number of allylic oxidation sites excluding steroid dienone is 1. The van der Waals surface area contributed by atoms with E-state index < -0.39 is 11.9 Å². The third-order valence-corrected chi connectivity index (χ3v) is 6.70.